The molecule has 0 atom stereocenters. The number of aryl methyl sites for hydroxylation is 1. The Hall–Kier alpha value is -2.17. The van der Waals surface area contributed by atoms with Gasteiger partial charge in [-0.1, -0.05) is 42.0 Å². The predicted molar refractivity (Wildman–Crippen MR) is 123 cm³/mol. The van der Waals surface area contributed by atoms with E-state index in [1.807, 2.05) is 36.1 Å². The zero-order chi connectivity index (χ0) is 20.9. The smallest absolute Gasteiger partial charge is 0.253 e. The fraction of sp³-hybridized carbons (Fsp3) is 0.500. The van der Waals surface area contributed by atoms with Crippen molar-refractivity contribution in [3.8, 4) is 0 Å². The van der Waals surface area contributed by atoms with Crippen LogP contribution in [0, 0.1) is 12.8 Å². The van der Waals surface area contributed by atoms with E-state index in [-0.39, 0.29) is 5.91 Å². The molecule has 2 saturated heterocycles. The third-order valence-electron chi connectivity index (χ3n) is 6.72. The van der Waals surface area contributed by atoms with Crippen LogP contribution in [0.15, 0.2) is 48.5 Å². The molecule has 0 saturated carbocycles. The molecule has 1 amide bonds. The van der Waals surface area contributed by atoms with Gasteiger partial charge in [0.2, 0.25) is 0 Å². The topological polar surface area (TPSA) is 26.8 Å². The second-order valence-corrected chi connectivity index (χ2v) is 9.21. The third-order valence-corrected chi connectivity index (χ3v) is 6.72. The number of rotatable bonds is 5. The Kier molecular flexibility index (Phi) is 6.86. The number of likely N-dealkylation sites (N-methyl/N-ethyl adjacent to an activating group) is 1. The number of piperazine rings is 1. The summed E-state index contributed by atoms with van der Waals surface area (Å²) in [5.74, 6) is 0.862. The quantitative estimate of drug-likeness (QED) is 0.756. The number of likely N-dealkylation sites (tertiary alicyclic amines) is 1. The van der Waals surface area contributed by atoms with Gasteiger partial charge in [-0.2, -0.15) is 0 Å². The minimum atomic E-state index is 0.186. The largest absolute Gasteiger partial charge is 0.339 e. The van der Waals surface area contributed by atoms with E-state index < -0.39 is 0 Å². The number of piperidine rings is 1. The predicted octanol–water partition coefficient (Wildman–Crippen LogP) is 3.84. The van der Waals surface area contributed by atoms with Gasteiger partial charge < -0.3 is 9.80 Å². The van der Waals surface area contributed by atoms with Crippen molar-refractivity contribution in [3.05, 3.63) is 70.8 Å². The molecule has 2 aromatic rings. The molecule has 2 heterocycles. The lowest BCUT2D eigenvalue weighted by Crippen LogP contribution is -2.43. The first-order valence-electron chi connectivity index (χ1n) is 11.4. The molecule has 0 bridgehead atoms. The van der Waals surface area contributed by atoms with Crippen molar-refractivity contribution in [1.82, 2.24) is 14.7 Å². The number of amides is 1. The lowest BCUT2D eigenvalue weighted by molar-refractivity contribution is 0.0690. The summed E-state index contributed by atoms with van der Waals surface area (Å²) in [6.07, 6.45) is 3.32. The van der Waals surface area contributed by atoms with Gasteiger partial charge in [-0.15, -0.1) is 0 Å². The summed E-state index contributed by atoms with van der Waals surface area (Å²) in [5, 5.41) is 0. The van der Waals surface area contributed by atoms with Crippen molar-refractivity contribution >= 4 is 5.91 Å². The summed E-state index contributed by atoms with van der Waals surface area (Å²) in [7, 11) is 2.20. The number of benzene rings is 2. The minimum Gasteiger partial charge on any atom is -0.339 e. The maximum atomic E-state index is 12.8. The van der Waals surface area contributed by atoms with E-state index in [1.165, 1.54) is 24.2 Å². The van der Waals surface area contributed by atoms with Gasteiger partial charge in [-0.25, -0.2) is 0 Å². The van der Waals surface area contributed by atoms with Gasteiger partial charge in [0.1, 0.15) is 0 Å². The first kappa shape index (κ1) is 21.1. The molecule has 0 unspecified atom stereocenters. The first-order chi connectivity index (χ1) is 14.6. The van der Waals surface area contributed by atoms with Crippen LogP contribution in [-0.2, 0) is 13.0 Å². The molecule has 2 aliphatic heterocycles. The summed E-state index contributed by atoms with van der Waals surface area (Å²) in [4.78, 5) is 19.7. The van der Waals surface area contributed by atoms with Crippen molar-refractivity contribution in [2.75, 3.05) is 46.3 Å². The Balaban J connectivity index is 1.24. The average Bonchev–Trinajstić information content (AvgIpc) is 2.77. The molecule has 0 N–H and O–H groups in total. The minimum absolute atomic E-state index is 0.186. The monoisotopic (exact) mass is 405 g/mol. The van der Waals surface area contributed by atoms with Gasteiger partial charge in [0, 0.05) is 51.4 Å². The van der Waals surface area contributed by atoms with E-state index in [0.29, 0.717) is 5.92 Å². The highest BCUT2D eigenvalue weighted by molar-refractivity contribution is 5.94. The number of nitrogens with zero attached hydrogens (tertiary/aromatic N) is 3. The molecular weight excluding hydrogens is 370 g/mol. The van der Waals surface area contributed by atoms with Gasteiger partial charge >= 0.3 is 0 Å². The van der Waals surface area contributed by atoms with Gasteiger partial charge in [0.05, 0.1) is 0 Å². The Morgan fingerprint density at radius 3 is 2.23 bits per heavy atom. The van der Waals surface area contributed by atoms with Crippen LogP contribution >= 0.6 is 0 Å². The van der Waals surface area contributed by atoms with Gasteiger partial charge in [0.15, 0.2) is 0 Å². The van der Waals surface area contributed by atoms with E-state index >= 15 is 0 Å². The SMILES string of the molecule is Cc1cccc(C(=O)N2CCC(Cc3ccc(CN4CCN(C)CC4)cc3)CC2)c1. The summed E-state index contributed by atoms with van der Waals surface area (Å²) < 4.78 is 0. The fourth-order valence-corrected chi connectivity index (χ4v) is 4.68. The van der Waals surface area contributed by atoms with Crippen LogP contribution in [0.3, 0.4) is 0 Å². The lowest BCUT2D eigenvalue weighted by atomic mass is 9.89. The highest BCUT2D eigenvalue weighted by Gasteiger charge is 2.24. The molecule has 2 fully saturated rings. The van der Waals surface area contributed by atoms with Gasteiger partial charge in [-0.05, 0) is 62.4 Å². The number of carbonyl (C=O) groups excluding carboxylic acids is 1. The third kappa shape index (κ3) is 5.50. The summed E-state index contributed by atoms with van der Waals surface area (Å²) >= 11 is 0. The van der Waals surface area contributed by atoms with Crippen molar-refractivity contribution in [2.45, 2.75) is 32.7 Å². The van der Waals surface area contributed by atoms with E-state index in [4.69, 9.17) is 0 Å². The Bertz CT molecular complexity index is 832. The van der Waals surface area contributed by atoms with Crippen LogP contribution in [0.5, 0.6) is 0 Å². The molecule has 0 aromatic heterocycles. The summed E-state index contributed by atoms with van der Waals surface area (Å²) in [6.45, 7) is 9.52. The Labute approximate surface area is 181 Å². The molecule has 4 heteroatoms. The molecule has 2 aliphatic rings. The first-order valence-corrected chi connectivity index (χ1v) is 11.4. The average molecular weight is 406 g/mol. The van der Waals surface area contributed by atoms with Crippen LogP contribution in [0.25, 0.3) is 0 Å². The Morgan fingerprint density at radius 2 is 1.57 bits per heavy atom. The molecule has 4 rings (SSSR count). The molecule has 2 aromatic carbocycles. The Morgan fingerprint density at radius 1 is 0.900 bits per heavy atom. The molecule has 30 heavy (non-hydrogen) atoms. The van der Waals surface area contributed by atoms with E-state index in [1.54, 1.807) is 0 Å². The van der Waals surface area contributed by atoms with Gasteiger partial charge in [-0.3, -0.25) is 9.69 Å². The normalized spacial score (nSPS) is 19.2. The molecule has 0 radical (unpaired) electrons. The van der Waals surface area contributed by atoms with Gasteiger partial charge in [0.25, 0.3) is 5.91 Å². The molecule has 0 spiro atoms. The van der Waals surface area contributed by atoms with Crippen LogP contribution in [-0.4, -0.2) is 66.9 Å². The van der Waals surface area contributed by atoms with E-state index in [0.717, 1.165) is 63.1 Å². The van der Waals surface area contributed by atoms with Crippen LogP contribution in [0.2, 0.25) is 0 Å². The highest BCUT2D eigenvalue weighted by Crippen LogP contribution is 2.23. The number of hydrogen-bond acceptors (Lipinski definition) is 3. The standard InChI is InChI=1S/C26H35N3O/c1-21-4-3-5-25(18-21)26(30)29-12-10-23(11-13-29)19-22-6-8-24(9-7-22)20-28-16-14-27(2)15-17-28/h3-9,18,23H,10-17,19-20H2,1-2H3. The van der Waals surface area contributed by atoms with Crippen molar-refractivity contribution in [3.63, 3.8) is 0 Å². The zero-order valence-corrected chi connectivity index (χ0v) is 18.5. The van der Waals surface area contributed by atoms with E-state index in [9.17, 15) is 4.79 Å². The maximum absolute atomic E-state index is 12.8. The molecule has 0 aliphatic carbocycles. The van der Waals surface area contributed by atoms with Crippen molar-refractivity contribution in [2.24, 2.45) is 5.92 Å². The van der Waals surface area contributed by atoms with Crippen LogP contribution < -0.4 is 0 Å². The fourth-order valence-electron chi connectivity index (χ4n) is 4.68. The van der Waals surface area contributed by atoms with Crippen LogP contribution in [0.4, 0.5) is 0 Å². The molecular formula is C26H35N3O. The number of hydrogen-bond donors (Lipinski definition) is 0. The van der Waals surface area contributed by atoms with Crippen molar-refractivity contribution in [1.29, 1.82) is 0 Å². The van der Waals surface area contributed by atoms with E-state index in [2.05, 4.69) is 41.1 Å². The number of carbonyl (C=O) groups is 1. The van der Waals surface area contributed by atoms with Crippen molar-refractivity contribution < 1.29 is 4.79 Å². The van der Waals surface area contributed by atoms with Crippen LogP contribution in [0.1, 0.15) is 39.9 Å². The maximum Gasteiger partial charge on any atom is 0.253 e. The second kappa shape index (κ2) is 9.76. The summed E-state index contributed by atoms with van der Waals surface area (Å²) in [6, 6.07) is 17.2. The second-order valence-electron chi connectivity index (χ2n) is 9.21. The lowest BCUT2D eigenvalue weighted by Gasteiger charge is -2.32. The highest BCUT2D eigenvalue weighted by atomic mass is 16.2. The molecule has 4 nitrogen and oxygen atoms in total. The summed E-state index contributed by atoms with van der Waals surface area (Å²) in [5.41, 5.74) is 4.82. The molecule has 160 valence electrons. The zero-order valence-electron chi connectivity index (χ0n) is 18.5.